The molecule has 1 aliphatic rings. The minimum absolute atomic E-state index is 0.329. The van der Waals surface area contributed by atoms with Crippen LogP contribution in [-0.4, -0.2) is 21.5 Å². The maximum atomic E-state index is 14.2. The van der Waals surface area contributed by atoms with Crippen LogP contribution >= 0.6 is 0 Å². The van der Waals surface area contributed by atoms with Gasteiger partial charge in [0.2, 0.25) is 0 Å². The standard InChI is InChI=1S/C17H16FN3O/c1-22-11-6-7-12(14(18)8-11)16-9-21-10-19-15-5-3-2-4-13(15)17(21)20-16/h6-10H,2-5H2,1H3. The van der Waals surface area contributed by atoms with Gasteiger partial charge in [-0.2, -0.15) is 0 Å². The van der Waals surface area contributed by atoms with Crippen LogP contribution in [0.3, 0.4) is 0 Å². The van der Waals surface area contributed by atoms with Crippen molar-refractivity contribution in [3.8, 4) is 17.0 Å². The predicted molar refractivity (Wildman–Crippen MR) is 81.6 cm³/mol. The molecule has 0 unspecified atom stereocenters. The van der Waals surface area contributed by atoms with E-state index in [9.17, 15) is 4.39 Å². The van der Waals surface area contributed by atoms with Crippen LogP contribution in [0, 0.1) is 5.82 Å². The monoisotopic (exact) mass is 297 g/mol. The first kappa shape index (κ1) is 13.2. The predicted octanol–water partition coefficient (Wildman–Crippen LogP) is 3.42. The first-order valence-electron chi connectivity index (χ1n) is 7.45. The van der Waals surface area contributed by atoms with E-state index in [2.05, 4.69) is 9.97 Å². The van der Waals surface area contributed by atoms with E-state index in [0.29, 0.717) is 17.0 Å². The number of hydrogen-bond acceptors (Lipinski definition) is 3. The van der Waals surface area contributed by atoms with E-state index in [1.54, 1.807) is 18.5 Å². The van der Waals surface area contributed by atoms with E-state index in [4.69, 9.17) is 4.74 Å². The van der Waals surface area contributed by atoms with Gasteiger partial charge in [0.1, 0.15) is 23.5 Å². The Balaban J connectivity index is 1.86. The fraction of sp³-hybridized carbons (Fsp3) is 0.294. The molecule has 0 amide bonds. The Morgan fingerprint density at radius 3 is 2.91 bits per heavy atom. The van der Waals surface area contributed by atoms with Gasteiger partial charge in [0.15, 0.2) is 0 Å². The highest BCUT2D eigenvalue weighted by molar-refractivity contribution is 5.66. The smallest absolute Gasteiger partial charge is 0.143 e. The zero-order chi connectivity index (χ0) is 15.1. The van der Waals surface area contributed by atoms with Crippen molar-refractivity contribution in [3.05, 3.63) is 47.8 Å². The summed E-state index contributed by atoms with van der Waals surface area (Å²) in [4.78, 5) is 9.17. The third kappa shape index (κ3) is 2.04. The molecular formula is C17H16FN3O. The lowest BCUT2D eigenvalue weighted by Gasteiger charge is -2.14. The fourth-order valence-corrected chi connectivity index (χ4v) is 3.07. The molecule has 1 aromatic carbocycles. The number of rotatable bonds is 2. The molecule has 2 heterocycles. The van der Waals surface area contributed by atoms with E-state index < -0.39 is 0 Å². The van der Waals surface area contributed by atoms with Crippen molar-refractivity contribution in [2.75, 3.05) is 7.11 Å². The molecule has 0 saturated heterocycles. The molecule has 0 spiro atoms. The molecule has 0 saturated carbocycles. The Labute approximate surface area is 127 Å². The second-order valence-electron chi connectivity index (χ2n) is 5.58. The van der Waals surface area contributed by atoms with Crippen LogP contribution in [0.4, 0.5) is 4.39 Å². The topological polar surface area (TPSA) is 39.4 Å². The van der Waals surface area contributed by atoms with Crippen LogP contribution in [0.25, 0.3) is 16.9 Å². The first-order valence-corrected chi connectivity index (χ1v) is 7.45. The zero-order valence-electron chi connectivity index (χ0n) is 12.3. The van der Waals surface area contributed by atoms with Gasteiger partial charge in [-0.15, -0.1) is 0 Å². The normalized spacial score (nSPS) is 14.1. The lowest BCUT2D eigenvalue weighted by atomic mass is 9.97. The molecular weight excluding hydrogens is 281 g/mol. The van der Waals surface area contributed by atoms with Gasteiger partial charge in [-0.1, -0.05) is 0 Å². The lowest BCUT2D eigenvalue weighted by Crippen LogP contribution is -2.07. The van der Waals surface area contributed by atoms with Crippen molar-refractivity contribution in [1.29, 1.82) is 0 Å². The average molecular weight is 297 g/mol. The van der Waals surface area contributed by atoms with Crippen LogP contribution in [0.1, 0.15) is 24.1 Å². The van der Waals surface area contributed by atoms with E-state index in [0.717, 1.165) is 30.6 Å². The van der Waals surface area contributed by atoms with Crippen molar-refractivity contribution >= 4 is 5.65 Å². The number of hydrogen-bond donors (Lipinski definition) is 0. The Morgan fingerprint density at radius 2 is 2.09 bits per heavy atom. The van der Waals surface area contributed by atoms with Gasteiger partial charge in [0.05, 0.1) is 12.8 Å². The molecule has 2 aromatic heterocycles. The molecule has 0 aliphatic heterocycles. The SMILES string of the molecule is COc1ccc(-c2cn3cnc4c(c3n2)CCCC4)c(F)c1. The molecule has 4 nitrogen and oxygen atoms in total. The Morgan fingerprint density at radius 1 is 1.23 bits per heavy atom. The van der Waals surface area contributed by atoms with Crippen molar-refractivity contribution < 1.29 is 9.13 Å². The molecule has 0 bridgehead atoms. The van der Waals surface area contributed by atoms with E-state index in [1.165, 1.54) is 25.2 Å². The minimum Gasteiger partial charge on any atom is -0.497 e. The summed E-state index contributed by atoms with van der Waals surface area (Å²) in [6.45, 7) is 0. The Hall–Kier alpha value is -2.43. The number of aryl methyl sites for hydroxylation is 2. The van der Waals surface area contributed by atoms with Crippen molar-refractivity contribution in [3.63, 3.8) is 0 Å². The zero-order valence-corrected chi connectivity index (χ0v) is 12.3. The number of aromatic nitrogens is 3. The third-order valence-electron chi connectivity index (χ3n) is 4.23. The maximum Gasteiger partial charge on any atom is 0.143 e. The molecule has 3 aromatic rings. The van der Waals surface area contributed by atoms with Crippen molar-refractivity contribution in [1.82, 2.24) is 14.4 Å². The molecule has 22 heavy (non-hydrogen) atoms. The van der Waals surface area contributed by atoms with Gasteiger partial charge in [0.25, 0.3) is 0 Å². The van der Waals surface area contributed by atoms with Gasteiger partial charge in [-0.3, -0.25) is 4.40 Å². The molecule has 4 rings (SSSR count). The van der Waals surface area contributed by atoms with Gasteiger partial charge in [-0.05, 0) is 37.8 Å². The van der Waals surface area contributed by atoms with Crippen molar-refractivity contribution in [2.45, 2.75) is 25.7 Å². The Bertz CT molecular complexity index is 856. The molecule has 0 fully saturated rings. The molecule has 112 valence electrons. The molecule has 0 atom stereocenters. The number of benzene rings is 1. The van der Waals surface area contributed by atoms with E-state index in [-0.39, 0.29) is 5.82 Å². The summed E-state index contributed by atoms with van der Waals surface area (Å²) in [6.07, 6.45) is 7.95. The highest BCUT2D eigenvalue weighted by Gasteiger charge is 2.17. The first-order chi connectivity index (χ1) is 10.8. The molecule has 0 radical (unpaired) electrons. The summed E-state index contributed by atoms with van der Waals surface area (Å²) >= 11 is 0. The van der Waals surface area contributed by atoms with Crippen LogP contribution in [0.2, 0.25) is 0 Å². The van der Waals surface area contributed by atoms with Gasteiger partial charge in [-0.25, -0.2) is 14.4 Å². The highest BCUT2D eigenvalue weighted by Crippen LogP contribution is 2.28. The summed E-state index contributed by atoms with van der Waals surface area (Å²) in [7, 11) is 1.53. The fourth-order valence-electron chi connectivity index (χ4n) is 3.07. The molecule has 5 heteroatoms. The number of nitrogens with zero attached hydrogens (tertiary/aromatic N) is 3. The van der Waals surface area contributed by atoms with Crippen molar-refractivity contribution in [2.24, 2.45) is 0 Å². The highest BCUT2D eigenvalue weighted by atomic mass is 19.1. The number of methoxy groups -OCH3 is 1. The second kappa shape index (κ2) is 5.09. The van der Waals surface area contributed by atoms with Gasteiger partial charge in [0, 0.05) is 29.1 Å². The van der Waals surface area contributed by atoms with E-state index in [1.807, 2.05) is 10.6 Å². The summed E-state index contributed by atoms with van der Waals surface area (Å²) in [5, 5.41) is 0. The summed E-state index contributed by atoms with van der Waals surface area (Å²) in [5.41, 5.74) is 4.34. The summed E-state index contributed by atoms with van der Waals surface area (Å²) in [5.74, 6) is 0.175. The van der Waals surface area contributed by atoms with Crippen LogP contribution < -0.4 is 4.74 Å². The van der Waals surface area contributed by atoms with Gasteiger partial charge >= 0.3 is 0 Å². The van der Waals surface area contributed by atoms with Gasteiger partial charge < -0.3 is 4.74 Å². The molecule has 0 N–H and O–H groups in total. The summed E-state index contributed by atoms with van der Waals surface area (Å²) in [6, 6.07) is 4.83. The van der Waals surface area contributed by atoms with Crippen LogP contribution in [-0.2, 0) is 12.8 Å². The average Bonchev–Trinajstić information content (AvgIpc) is 2.99. The summed E-state index contributed by atoms with van der Waals surface area (Å²) < 4.78 is 21.2. The number of imidazole rings is 1. The minimum atomic E-state index is -0.329. The largest absolute Gasteiger partial charge is 0.497 e. The quantitative estimate of drug-likeness (QED) is 0.727. The third-order valence-corrected chi connectivity index (χ3v) is 4.23. The number of fused-ring (bicyclic) bond motifs is 3. The Kier molecular flexibility index (Phi) is 3.06. The molecule has 1 aliphatic carbocycles. The maximum absolute atomic E-state index is 14.2. The lowest BCUT2D eigenvalue weighted by molar-refractivity contribution is 0.411. The van der Waals surface area contributed by atoms with Crippen LogP contribution in [0.5, 0.6) is 5.75 Å². The van der Waals surface area contributed by atoms with E-state index >= 15 is 0 Å². The second-order valence-corrected chi connectivity index (χ2v) is 5.58. The number of ether oxygens (including phenoxy) is 1. The number of halogens is 1. The van der Waals surface area contributed by atoms with Crippen LogP contribution in [0.15, 0.2) is 30.7 Å².